The molecule has 0 aliphatic carbocycles. The van der Waals surface area contributed by atoms with Crippen molar-refractivity contribution in [2.75, 3.05) is 6.61 Å². The van der Waals surface area contributed by atoms with Gasteiger partial charge in [0.1, 0.15) is 0 Å². The lowest BCUT2D eigenvalue weighted by Crippen LogP contribution is -2.12. The van der Waals surface area contributed by atoms with Crippen molar-refractivity contribution in [3.8, 4) is 0 Å². The van der Waals surface area contributed by atoms with Crippen LogP contribution in [0.2, 0.25) is 6.04 Å². The normalized spacial score (nSPS) is 16.4. The molecular formula is C7H16Cl2OSi. The standard InChI is InChI=1S/C7H16Cl2OSi/c1-3-5-10-11(9)6-4-7(2)8/h7,11H,3-6H2,1-2H3. The fourth-order valence-electron chi connectivity index (χ4n) is 0.690. The summed E-state index contributed by atoms with van der Waals surface area (Å²) in [6.07, 6.45) is 2.03. The Balaban J connectivity index is 3.15. The third-order valence-electron chi connectivity index (χ3n) is 1.29. The van der Waals surface area contributed by atoms with E-state index < -0.39 is 8.35 Å². The Morgan fingerprint density at radius 2 is 2.18 bits per heavy atom. The van der Waals surface area contributed by atoms with Gasteiger partial charge in [-0.3, -0.25) is 0 Å². The van der Waals surface area contributed by atoms with Crippen molar-refractivity contribution < 1.29 is 4.43 Å². The molecule has 11 heavy (non-hydrogen) atoms. The maximum atomic E-state index is 5.96. The van der Waals surface area contributed by atoms with Gasteiger partial charge in [-0.1, -0.05) is 6.92 Å². The zero-order valence-electron chi connectivity index (χ0n) is 7.15. The molecule has 2 unspecified atom stereocenters. The molecule has 0 bridgehead atoms. The molecule has 0 saturated carbocycles. The van der Waals surface area contributed by atoms with Crippen LogP contribution >= 0.6 is 22.7 Å². The van der Waals surface area contributed by atoms with Crippen LogP contribution in [0.4, 0.5) is 0 Å². The molecule has 0 spiro atoms. The first-order chi connectivity index (χ1) is 5.16. The van der Waals surface area contributed by atoms with Crippen LogP contribution < -0.4 is 0 Å². The highest BCUT2D eigenvalue weighted by atomic mass is 35.6. The fraction of sp³-hybridized carbons (Fsp3) is 1.00. The molecule has 68 valence electrons. The minimum Gasteiger partial charge on any atom is -0.405 e. The Bertz CT molecular complexity index is 90.5. The molecule has 0 aromatic heterocycles. The summed E-state index contributed by atoms with van der Waals surface area (Å²) in [5, 5.41) is 0.231. The second-order valence-electron chi connectivity index (χ2n) is 2.64. The zero-order chi connectivity index (χ0) is 8.69. The second-order valence-corrected chi connectivity index (χ2v) is 6.58. The van der Waals surface area contributed by atoms with Gasteiger partial charge in [0.05, 0.1) is 0 Å². The van der Waals surface area contributed by atoms with Crippen molar-refractivity contribution in [2.45, 2.75) is 38.1 Å². The van der Waals surface area contributed by atoms with Crippen LogP contribution in [0.5, 0.6) is 0 Å². The molecule has 1 nitrogen and oxygen atoms in total. The second kappa shape index (κ2) is 7.41. The molecule has 0 N–H and O–H groups in total. The Morgan fingerprint density at radius 3 is 2.64 bits per heavy atom. The van der Waals surface area contributed by atoms with Gasteiger partial charge in [-0.25, -0.2) is 0 Å². The lowest BCUT2D eigenvalue weighted by atomic mass is 10.4. The molecule has 0 aliphatic heterocycles. The van der Waals surface area contributed by atoms with Crippen LogP contribution in [0.15, 0.2) is 0 Å². The molecule has 0 rings (SSSR count). The first kappa shape index (κ1) is 11.8. The maximum Gasteiger partial charge on any atom is 0.274 e. The van der Waals surface area contributed by atoms with E-state index in [9.17, 15) is 0 Å². The number of hydrogen-bond donors (Lipinski definition) is 0. The van der Waals surface area contributed by atoms with Crippen LogP contribution in [-0.2, 0) is 4.43 Å². The van der Waals surface area contributed by atoms with E-state index >= 15 is 0 Å². The number of alkyl halides is 1. The first-order valence-corrected chi connectivity index (χ1v) is 7.53. The largest absolute Gasteiger partial charge is 0.405 e. The van der Waals surface area contributed by atoms with Crippen molar-refractivity contribution in [3.05, 3.63) is 0 Å². The molecule has 4 heteroatoms. The minimum atomic E-state index is -1.39. The topological polar surface area (TPSA) is 9.23 Å². The summed E-state index contributed by atoms with van der Waals surface area (Å²) in [6.45, 7) is 4.87. The Hall–Kier alpha value is 0.757. The van der Waals surface area contributed by atoms with E-state index in [0.29, 0.717) is 0 Å². The summed E-state index contributed by atoms with van der Waals surface area (Å²) in [5.41, 5.74) is 0. The first-order valence-electron chi connectivity index (χ1n) is 4.06. The maximum absolute atomic E-state index is 5.96. The van der Waals surface area contributed by atoms with E-state index in [1.165, 1.54) is 0 Å². The van der Waals surface area contributed by atoms with Crippen molar-refractivity contribution in [1.29, 1.82) is 0 Å². The molecule has 0 fully saturated rings. The monoisotopic (exact) mass is 214 g/mol. The van der Waals surface area contributed by atoms with Crippen molar-refractivity contribution in [1.82, 2.24) is 0 Å². The molecular weight excluding hydrogens is 199 g/mol. The molecule has 0 aliphatic rings. The summed E-state index contributed by atoms with van der Waals surface area (Å²) in [4.78, 5) is 0. The van der Waals surface area contributed by atoms with Crippen LogP contribution in [0, 0.1) is 0 Å². The van der Waals surface area contributed by atoms with E-state index in [1.54, 1.807) is 0 Å². The third kappa shape index (κ3) is 8.66. The highest BCUT2D eigenvalue weighted by Gasteiger charge is 2.08. The van der Waals surface area contributed by atoms with E-state index in [2.05, 4.69) is 6.92 Å². The van der Waals surface area contributed by atoms with Crippen LogP contribution in [0.3, 0.4) is 0 Å². The van der Waals surface area contributed by atoms with Gasteiger partial charge in [-0.2, -0.15) is 0 Å². The van der Waals surface area contributed by atoms with Gasteiger partial charge in [0.25, 0.3) is 8.35 Å². The third-order valence-corrected chi connectivity index (χ3v) is 3.93. The Kier molecular flexibility index (Phi) is 7.92. The Morgan fingerprint density at radius 1 is 1.55 bits per heavy atom. The summed E-state index contributed by atoms with van der Waals surface area (Å²) in [5.74, 6) is 0. The van der Waals surface area contributed by atoms with Gasteiger partial charge in [0, 0.05) is 12.0 Å². The van der Waals surface area contributed by atoms with Crippen LogP contribution in [-0.4, -0.2) is 20.3 Å². The number of rotatable bonds is 6. The lowest BCUT2D eigenvalue weighted by Gasteiger charge is -2.08. The molecule has 0 amide bonds. The summed E-state index contributed by atoms with van der Waals surface area (Å²) in [7, 11) is -1.39. The fourth-order valence-corrected chi connectivity index (χ4v) is 3.09. The van der Waals surface area contributed by atoms with Crippen LogP contribution in [0.25, 0.3) is 0 Å². The van der Waals surface area contributed by atoms with Gasteiger partial charge in [-0.05, 0) is 25.8 Å². The van der Waals surface area contributed by atoms with E-state index in [1.807, 2.05) is 6.92 Å². The summed E-state index contributed by atoms with van der Waals surface area (Å²) >= 11 is 11.7. The van der Waals surface area contributed by atoms with Crippen LogP contribution in [0.1, 0.15) is 26.7 Å². The van der Waals surface area contributed by atoms with Gasteiger partial charge < -0.3 is 4.43 Å². The molecule has 0 heterocycles. The molecule has 2 atom stereocenters. The van der Waals surface area contributed by atoms with E-state index in [-0.39, 0.29) is 5.38 Å². The molecule has 0 aromatic carbocycles. The molecule has 0 aromatic rings. The summed E-state index contributed by atoms with van der Waals surface area (Å²) < 4.78 is 5.39. The zero-order valence-corrected chi connectivity index (χ0v) is 9.81. The highest BCUT2D eigenvalue weighted by molar-refractivity contribution is 7.03. The predicted molar refractivity (Wildman–Crippen MR) is 54.0 cm³/mol. The van der Waals surface area contributed by atoms with Crippen molar-refractivity contribution in [3.63, 3.8) is 0 Å². The summed E-state index contributed by atoms with van der Waals surface area (Å²) in [6, 6.07) is 0.978. The minimum absolute atomic E-state index is 0.231. The smallest absolute Gasteiger partial charge is 0.274 e. The van der Waals surface area contributed by atoms with Gasteiger partial charge >= 0.3 is 0 Å². The molecule has 0 radical (unpaired) electrons. The average molecular weight is 215 g/mol. The van der Waals surface area contributed by atoms with E-state index in [4.69, 9.17) is 27.1 Å². The van der Waals surface area contributed by atoms with Gasteiger partial charge in [0.2, 0.25) is 0 Å². The SMILES string of the molecule is CCCO[SiH](Cl)CCC(C)Cl. The van der Waals surface area contributed by atoms with E-state index in [0.717, 1.165) is 25.5 Å². The lowest BCUT2D eigenvalue weighted by molar-refractivity contribution is 0.329. The highest BCUT2D eigenvalue weighted by Crippen LogP contribution is 2.10. The van der Waals surface area contributed by atoms with Gasteiger partial charge in [-0.15, -0.1) is 22.7 Å². The quantitative estimate of drug-likeness (QED) is 0.376. The van der Waals surface area contributed by atoms with Gasteiger partial charge in [0.15, 0.2) is 0 Å². The molecule has 0 saturated heterocycles. The number of halogens is 2. The number of hydrogen-bond acceptors (Lipinski definition) is 1. The Labute approximate surface area is 80.5 Å². The van der Waals surface area contributed by atoms with Crippen molar-refractivity contribution >= 4 is 31.0 Å². The predicted octanol–water partition coefficient (Wildman–Crippen LogP) is 2.89. The average Bonchev–Trinajstić information content (AvgIpc) is 1.97. The van der Waals surface area contributed by atoms with Crippen molar-refractivity contribution in [2.24, 2.45) is 0 Å².